The van der Waals surface area contributed by atoms with E-state index in [0.717, 1.165) is 18.2 Å². The monoisotopic (exact) mass is 235 g/mol. The molecule has 0 saturated carbocycles. The quantitative estimate of drug-likeness (QED) is 0.768. The first kappa shape index (κ1) is 11.2. The summed E-state index contributed by atoms with van der Waals surface area (Å²) in [4.78, 5) is 14.5. The largest absolute Gasteiger partial charge is 0.438 e. The predicted octanol–water partition coefficient (Wildman–Crippen LogP) is 2.96. The molecule has 0 amide bonds. The summed E-state index contributed by atoms with van der Waals surface area (Å²) in [6.07, 6.45) is 1.97. The van der Waals surface area contributed by atoms with E-state index >= 15 is 0 Å². The van der Waals surface area contributed by atoms with E-state index in [1.54, 1.807) is 6.07 Å². The van der Waals surface area contributed by atoms with Crippen LogP contribution in [-0.4, -0.2) is 11.3 Å². The average Bonchev–Trinajstić information content (AvgIpc) is 2.28. The fourth-order valence-electron chi connectivity index (χ4n) is 1.28. The minimum absolute atomic E-state index is 0.00694. The Balaban J connectivity index is 2.34. The van der Waals surface area contributed by atoms with Gasteiger partial charge in [-0.05, 0) is 12.1 Å². The second-order valence-electron chi connectivity index (χ2n) is 3.22. The average molecular weight is 235 g/mol. The number of rotatable bonds is 3. The maximum atomic E-state index is 12.9. The van der Waals surface area contributed by atoms with Crippen molar-refractivity contribution in [2.24, 2.45) is 0 Å². The third-order valence-corrected chi connectivity index (χ3v) is 1.98. The normalized spacial score (nSPS) is 10.0. The van der Waals surface area contributed by atoms with E-state index in [1.807, 2.05) is 0 Å². The van der Waals surface area contributed by atoms with Crippen LogP contribution in [0.4, 0.5) is 8.78 Å². The molecule has 2 aromatic rings. The topological polar surface area (TPSA) is 39.2 Å². The summed E-state index contributed by atoms with van der Waals surface area (Å²) in [5, 5.41) is 0. The van der Waals surface area contributed by atoms with E-state index in [1.165, 1.54) is 12.3 Å². The van der Waals surface area contributed by atoms with Gasteiger partial charge in [-0.3, -0.25) is 4.79 Å². The van der Waals surface area contributed by atoms with Crippen molar-refractivity contribution in [2.45, 2.75) is 0 Å². The molecule has 17 heavy (non-hydrogen) atoms. The van der Waals surface area contributed by atoms with Crippen LogP contribution < -0.4 is 4.74 Å². The lowest BCUT2D eigenvalue weighted by Crippen LogP contribution is -1.94. The van der Waals surface area contributed by atoms with Gasteiger partial charge >= 0.3 is 0 Å². The molecule has 0 N–H and O–H groups in total. The summed E-state index contributed by atoms with van der Waals surface area (Å²) in [6, 6.07) is 5.79. The van der Waals surface area contributed by atoms with Crippen molar-refractivity contribution in [3.05, 3.63) is 53.7 Å². The molecule has 3 nitrogen and oxygen atoms in total. The number of carbonyl (C=O) groups is 1. The summed E-state index contributed by atoms with van der Waals surface area (Å²) in [6.45, 7) is 0. The van der Waals surface area contributed by atoms with Crippen molar-refractivity contribution in [3.8, 4) is 11.6 Å². The van der Waals surface area contributed by atoms with Crippen molar-refractivity contribution in [3.63, 3.8) is 0 Å². The second-order valence-corrected chi connectivity index (χ2v) is 3.22. The number of carbonyl (C=O) groups excluding carboxylic acids is 1. The SMILES string of the molecule is O=Cc1cccnc1Oc1cc(F)cc(F)c1. The molecule has 0 aliphatic rings. The van der Waals surface area contributed by atoms with Crippen LogP contribution in [0.1, 0.15) is 10.4 Å². The molecule has 0 fully saturated rings. The third kappa shape index (κ3) is 2.63. The van der Waals surface area contributed by atoms with Crippen molar-refractivity contribution < 1.29 is 18.3 Å². The van der Waals surface area contributed by atoms with Crippen molar-refractivity contribution in [1.29, 1.82) is 0 Å². The first-order valence-electron chi connectivity index (χ1n) is 4.73. The molecule has 0 atom stereocenters. The zero-order chi connectivity index (χ0) is 12.3. The van der Waals surface area contributed by atoms with Crippen LogP contribution in [0.2, 0.25) is 0 Å². The van der Waals surface area contributed by atoms with Gasteiger partial charge in [0.2, 0.25) is 5.88 Å². The summed E-state index contributed by atoms with van der Waals surface area (Å²) < 4.78 is 30.9. The number of aromatic nitrogens is 1. The maximum Gasteiger partial charge on any atom is 0.229 e. The molecule has 5 heteroatoms. The number of ether oxygens (including phenoxy) is 1. The van der Waals surface area contributed by atoms with Crippen molar-refractivity contribution in [1.82, 2.24) is 4.98 Å². The van der Waals surface area contributed by atoms with E-state index < -0.39 is 11.6 Å². The zero-order valence-electron chi connectivity index (χ0n) is 8.56. The van der Waals surface area contributed by atoms with Crippen molar-refractivity contribution >= 4 is 6.29 Å². The number of benzene rings is 1. The minimum atomic E-state index is -0.761. The first-order valence-corrected chi connectivity index (χ1v) is 4.73. The van der Waals surface area contributed by atoms with E-state index in [9.17, 15) is 13.6 Å². The fourth-order valence-corrected chi connectivity index (χ4v) is 1.28. The van der Waals surface area contributed by atoms with Gasteiger partial charge in [0.25, 0.3) is 0 Å². The van der Waals surface area contributed by atoms with Gasteiger partial charge in [0.1, 0.15) is 17.4 Å². The lowest BCUT2D eigenvalue weighted by Gasteiger charge is -2.06. The highest BCUT2D eigenvalue weighted by molar-refractivity contribution is 5.78. The Morgan fingerprint density at radius 2 is 1.88 bits per heavy atom. The van der Waals surface area contributed by atoms with Crippen molar-refractivity contribution in [2.75, 3.05) is 0 Å². The molecule has 1 aromatic heterocycles. The highest BCUT2D eigenvalue weighted by atomic mass is 19.1. The molecular weight excluding hydrogens is 228 g/mol. The Morgan fingerprint density at radius 1 is 1.18 bits per heavy atom. The molecule has 0 saturated heterocycles. The fraction of sp³-hybridized carbons (Fsp3) is 0. The van der Waals surface area contributed by atoms with Gasteiger partial charge in [0.15, 0.2) is 6.29 Å². The van der Waals surface area contributed by atoms with E-state index in [0.29, 0.717) is 6.29 Å². The van der Waals surface area contributed by atoms with Crippen LogP contribution in [0.3, 0.4) is 0 Å². The summed E-state index contributed by atoms with van der Waals surface area (Å²) in [5.41, 5.74) is 0.206. The molecule has 1 aromatic carbocycles. The third-order valence-electron chi connectivity index (χ3n) is 1.98. The highest BCUT2D eigenvalue weighted by Crippen LogP contribution is 2.23. The van der Waals surface area contributed by atoms with Crippen LogP contribution in [0.15, 0.2) is 36.5 Å². The Hall–Kier alpha value is -2.30. The minimum Gasteiger partial charge on any atom is -0.438 e. The molecule has 86 valence electrons. The van der Waals surface area contributed by atoms with Crippen LogP contribution in [0, 0.1) is 11.6 Å². The Bertz CT molecular complexity index is 538. The summed E-state index contributed by atoms with van der Waals surface area (Å²) >= 11 is 0. The van der Waals surface area contributed by atoms with Gasteiger partial charge in [-0.1, -0.05) is 0 Å². The molecule has 2 rings (SSSR count). The smallest absolute Gasteiger partial charge is 0.229 e. The first-order chi connectivity index (χ1) is 8.19. The van der Waals surface area contributed by atoms with Crippen LogP contribution in [0.5, 0.6) is 11.6 Å². The van der Waals surface area contributed by atoms with Gasteiger partial charge in [-0.15, -0.1) is 0 Å². The van der Waals surface area contributed by atoms with Gasteiger partial charge in [0.05, 0.1) is 5.56 Å². The van der Waals surface area contributed by atoms with E-state index in [2.05, 4.69) is 4.98 Å². The van der Waals surface area contributed by atoms with E-state index in [-0.39, 0.29) is 17.2 Å². The Labute approximate surface area is 95.7 Å². The molecule has 1 heterocycles. The number of hydrogen-bond donors (Lipinski definition) is 0. The molecule has 0 unspecified atom stereocenters. The lowest BCUT2D eigenvalue weighted by atomic mass is 10.3. The van der Waals surface area contributed by atoms with Crippen LogP contribution in [-0.2, 0) is 0 Å². The number of pyridine rings is 1. The highest BCUT2D eigenvalue weighted by Gasteiger charge is 2.07. The van der Waals surface area contributed by atoms with Gasteiger partial charge < -0.3 is 4.74 Å². The number of aldehydes is 1. The van der Waals surface area contributed by atoms with Gasteiger partial charge in [0, 0.05) is 24.4 Å². The zero-order valence-corrected chi connectivity index (χ0v) is 8.56. The predicted molar refractivity (Wildman–Crippen MR) is 56.1 cm³/mol. The standard InChI is InChI=1S/C12H7F2NO2/c13-9-4-10(14)6-11(5-9)17-12-8(7-16)2-1-3-15-12/h1-7H. The molecule has 0 spiro atoms. The Kier molecular flexibility index (Phi) is 3.09. The molecule has 0 bridgehead atoms. The molecule has 0 radical (unpaired) electrons. The molecular formula is C12H7F2NO2. The van der Waals surface area contributed by atoms with Gasteiger partial charge in [-0.2, -0.15) is 0 Å². The summed E-state index contributed by atoms with van der Waals surface area (Å²) in [7, 11) is 0. The molecule has 0 aliphatic heterocycles. The number of nitrogens with zero attached hydrogens (tertiary/aromatic N) is 1. The maximum absolute atomic E-state index is 12.9. The summed E-state index contributed by atoms with van der Waals surface area (Å²) in [5.74, 6) is -1.57. The Morgan fingerprint density at radius 3 is 2.53 bits per heavy atom. The van der Waals surface area contributed by atoms with Crippen LogP contribution >= 0.6 is 0 Å². The van der Waals surface area contributed by atoms with Crippen LogP contribution in [0.25, 0.3) is 0 Å². The number of halogens is 2. The van der Waals surface area contributed by atoms with E-state index in [4.69, 9.17) is 4.74 Å². The molecule has 0 aliphatic carbocycles. The van der Waals surface area contributed by atoms with Gasteiger partial charge in [-0.25, -0.2) is 13.8 Å². The second kappa shape index (κ2) is 4.69. The lowest BCUT2D eigenvalue weighted by molar-refractivity contribution is 0.112. The number of hydrogen-bond acceptors (Lipinski definition) is 3.